The third-order valence-corrected chi connectivity index (χ3v) is 6.51. The average Bonchev–Trinajstić information content (AvgIpc) is 3.24. The van der Waals surface area contributed by atoms with Crippen LogP contribution in [-0.2, 0) is 4.79 Å². The number of rotatable bonds is 9. The lowest BCUT2D eigenvalue weighted by atomic mass is 9.99. The lowest BCUT2D eigenvalue weighted by molar-refractivity contribution is -0.110. The number of anilines is 2. The van der Waals surface area contributed by atoms with E-state index in [1.165, 1.54) is 0 Å². The van der Waals surface area contributed by atoms with Crippen LogP contribution in [-0.4, -0.2) is 70.1 Å². The maximum Gasteiger partial charge on any atom is 0.258 e. The summed E-state index contributed by atoms with van der Waals surface area (Å²) in [5, 5.41) is 6.84. The molecule has 0 fully saturated rings. The molecule has 2 N–H and O–H groups in total. The molecule has 0 aromatic heterocycles. The molecule has 0 saturated heterocycles. The van der Waals surface area contributed by atoms with Crippen LogP contribution < -0.4 is 20.1 Å². The Morgan fingerprint density at radius 2 is 1.58 bits per heavy atom. The third kappa shape index (κ3) is 5.77. The standard InChI is InChI=1S/C29H31ClN4O4/c1-33(2)14-15-34(3)29(36)18-6-10-21(11-7-18)31-27(19-8-13-24(37-4)25(16-19)38-5)26-22-12-9-20(30)17-23(22)32-28(26)35/h6-13,16-17,31H,14-15H2,1-5H3,(H,32,35)/b27-26-. The topological polar surface area (TPSA) is 83.1 Å². The number of ether oxygens (including phenoxy) is 2. The molecule has 0 radical (unpaired) electrons. The SMILES string of the molecule is COc1ccc(/C(Nc2ccc(C(=O)N(C)CCN(C)C)cc2)=C2/C(=O)Nc3cc(Cl)ccc32)cc1OC. The van der Waals surface area contributed by atoms with E-state index in [4.69, 9.17) is 21.1 Å². The molecule has 38 heavy (non-hydrogen) atoms. The molecule has 8 nitrogen and oxygen atoms in total. The molecule has 0 bridgehead atoms. The molecule has 198 valence electrons. The molecule has 2 amide bonds. The monoisotopic (exact) mass is 534 g/mol. The van der Waals surface area contributed by atoms with E-state index < -0.39 is 0 Å². The number of hydrogen-bond acceptors (Lipinski definition) is 6. The molecule has 1 aliphatic heterocycles. The average molecular weight is 535 g/mol. The molecule has 0 spiro atoms. The van der Waals surface area contributed by atoms with E-state index in [0.717, 1.165) is 17.7 Å². The van der Waals surface area contributed by atoms with Crippen LogP contribution in [0.15, 0.2) is 60.7 Å². The van der Waals surface area contributed by atoms with Crippen molar-refractivity contribution in [1.82, 2.24) is 9.80 Å². The highest BCUT2D eigenvalue weighted by Crippen LogP contribution is 2.40. The Labute approximate surface area is 227 Å². The summed E-state index contributed by atoms with van der Waals surface area (Å²) in [7, 11) is 8.87. The summed E-state index contributed by atoms with van der Waals surface area (Å²) in [6, 6.07) is 17.9. The van der Waals surface area contributed by atoms with E-state index in [9.17, 15) is 9.59 Å². The fourth-order valence-corrected chi connectivity index (χ4v) is 4.35. The van der Waals surface area contributed by atoms with Crippen molar-refractivity contribution in [2.45, 2.75) is 0 Å². The van der Waals surface area contributed by atoms with Gasteiger partial charge in [-0.15, -0.1) is 0 Å². The number of benzene rings is 3. The van der Waals surface area contributed by atoms with E-state index >= 15 is 0 Å². The number of carbonyl (C=O) groups is 2. The second-order valence-electron chi connectivity index (χ2n) is 9.20. The van der Waals surface area contributed by atoms with Crippen molar-refractivity contribution in [3.05, 3.63) is 82.4 Å². The van der Waals surface area contributed by atoms with Gasteiger partial charge in [0.05, 0.1) is 31.2 Å². The smallest absolute Gasteiger partial charge is 0.258 e. The summed E-state index contributed by atoms with van der Waals surface area (Å²) in [5.74, 6) is 0.790. The van der Waals surface area contributed by atoms with Gasteiger partial charge in [-0.3, -0.25) is 9.59 Å². The zero-order valence-electron chi connectivity index (χ0n) is 22.1. The maximum atomic E-state index is 13.2. The summed E-state index contributed by atoms with van der Waals surface area (Å²) in [6.07, 6.45) is 0. The zero-order chi connectivity index (χ0) is 27.4. The number of hydrogen-bond donors (Lipinski definition) is 2. The number of carbonyl (C=O) groups excluding carboxylic acids is 2. The lowest BCUT2D eigenvalue weighted by Gasteiger charge is -2.20. The summed E-state index contributed by atoms with van der Waals surface area (Å²) in [5.41, 5.74) is 4.42. The molecule has 4 rings (SSSR count). The molecule has 0 unspecified atom stereocenters. The summed E-state index contributed by atoms with van der Waals surface area (Å²) in [4.78, 5) is 29.8. The van der Waals surface area contributed by atoms with E-state index in [1.807, 2.05) is 49.3 Å². The van der Waals surface area contributed by atoms with Crippen molar-refractivity contribution >= 4 is 46.1 Å². The van der Waals surface area contributed by atoms with E-state index in [1.54, 1.807) is 56.5 Å². The van der Waals surface area contributed by atoms with Crippen LogP contribution in [0.4, 0.5) is 11.4 Å². The Kier molecular flexibility index (Phi) is 8.24. The number of halogens is 1. The van der Waals surface area contributed by atoms with Gasteiger partial charge in [0.25, 0.3) is 11.8 Å². The third-order valence-electron chi connectivity index (χ3n) is 6.28. The highest BCUT2D eigenvalue weighted by molar-refractivity contribution is 6.38. The summed E-state index contributed by atoms with van der Waals surface area (Å²) < 4.78 is 10.9. The van der Waals surface area contributed by atoms with Crippen molar-refractivity contribution < 1.29 is 19.1 Å². The first-order valence-corrected chi connectivity index (χ1v) is 12.4. The van der Waals surface area contributed by atoms with Gasteiger partial charge in [-0.1, -0.05) is 17.7 Å². The van der Waals surface area contributed by atoms with Crippen molar-refractivity contribution in [1.29, 1.82) is 0 Å². The normalized spacial score (nSPS) is 13.6. The van der Waals surface area contributed by atoms with Gasteiger partial charge < -0.3 is 29.9 Å². The van der Waals surface area contributed by atoms with Crippen LogP contribution in [0.1, 0.15) is 21.5 Å². The molecular weight excluding hydrogens is 504 g/mol. The minimum Gasteiger partial charge on any atom is -0.493 e. The minimum atomic E-state index is -0.256. The van der Waals surface area contributed by atoms with Crippen LogP contribution in [0.2, 0.25) is 5.02 Å². The van der Waals surface area contributed by atoms with Gasteiger partial charge in [0, 0.05) is 47.5 Å². The van der Waals surface area contributed by atoms with Crippen LogP contribution in [0, 0.1) is 0 Å². The fourth-order valence-electron chi connectivity index (χ4n) is 4.18. The van der Waals surface area contributed by atoms with Gasteiger partial charge >= 0.3 is 0 Å². The van der Waals surface area contributed by atoms with Crippen molar-refractivity contribution in [3.8, 4) is 11.5 Å². The van der Waals surface area contributed by atoms with E-state index in [0.29, 0.717) is 51.3 Å². The quantitative estimate of drug-likeness (QED) is 0.379. The molecule has 1 heterocycles. The molecule has 3 aromatic carbocycles. The van der Waals surface area contributed by atoms with Crippen molar-refractivity contribution in [3.63, 3.8) is 0 Å². The minimum absolute atomic E-state index is 0.0576. The molecule has 0 saturated carbocycles. The van der Waals surface area contributed by atoms with Crippen LogP contribution in [0.5, 0.6) is 11.5 Å². The van der Waals surface area contributed by atoms with Gasteiger partial charge in [-0.05, 0) is 68.7 Å². The van der Waals surface area contributed by atoms with E-state index in [-0.39, 0.29) is 11.8 Å². The van der Waals surface area contributed by atoms with Crippen LogP contribution in [0.25, 0.3) is 11.3 Å². The number of amides is 2. The predicted octanol–water partition coefficient (Wildman–Crippen LogP) is 4.92. The first kappa shape index (κ1) is 27.0. The Hall–Kier alpha value is -4.01. The zero-order valence-corrected chi connectivity index (χ0v) is 22.8. The first-order chi connectivity index (χ1) is 18.2. The Morgan fingerprint density at radius 1 is 0.895 bits per heavy atom. The largest absolute Gasteiger partial charge is 0.493 e. The van der Waals surface area contributed by atoms with Crippen molar-refractivity contribution in [2.24, 2.45) is 0 Å². The number of nitrogens with one attached hydrogen (secondary N) is 2. The van der Waals surface area contributed by atoms with Crippen molar-refractivity contribution in [2.75, 3.05) is 59.1 Å². The van der Waals surface area contributed by atoms with Gasteiger partial charge in [-0.2, -0.15) is 0 Å². The van der Waals surface area contributed by atoms with Gasteiger partial charge in [0.15, 0.2) is 11.5 Å². The first-order valence-electron chi connectivity index (χ1n) is 12.1. The number of fused-ring (bicyclic) bond motifs is 1. The highest BCUT2D eigenvalue weighted by atomic mass is 35.5. The maximum absolute atomic E-state index is 13.2. The number of methoxy groups -OCH3 is 2. The molecule has 3 aromatic rings. The second-order valence-corrected chi connectivity index (χ2v) is 9.63. The predicted molar refractivity (Wildman–Crippen MR) is 152 cm³/mol. The highest BCUT2D eigenvalue weighted by Gasteiger charge is 2.29. The molecule has 1 aliphatic rings. The van der Waals surface area contributed by atoms with E-state index in [2.05, 4.69) is 10.6 Å². The lowest BCUT2D eigenvalue weighted by Crippen LogP contribution is -2.33. The molecule has 0 atom stereocenters. The second kappa shape index (κ2) is 11.6. The number of likely N-dealkylation sites (N-methyl/N-ethyl adjacent to an activating group) is 2. The number of nitrogens with zero attached hydrogens (tertiary/aromatic N) is 2. The molecule has 0 aliphatic carbocycles. The van der Waals surface area contributed by atoms with Gasteiger partial charge in [-0.25, -0.2) is 0 Å². The summed E-state index contributed by atoms with van der Waals surface area (Å²) >= 11 is 6.17. The fraction of sp³-hybridized carbons (Fsp3) is 0.241. The Morgan fingerprint density at radius 3 is 2.24 bits per heavy atom. The van der Waals surface area contributed by atoms with Crippen LogP contribution >= 0.6 is 11.6 Å². The van der Waals surface area contributed by atoms with Gasteiger partial charge in [0.1, 0.15) is 0 Å². The Bertz CT molecular complexity index is 1390. The molecular formula is C29H31ClN4O4. The van der Waals surface area contributed by atoms with Crippen LogP contribution in [0.3, 0.4) is 0 Å². The van der Waals surface area contributed by atoms with Gasteiger partial charge in [0.2, 0.25) is 0 Å². The molecule has 9 heteroatoms. The summed E-state index contributed by atoms with van der Waals surface area (Å²) in [6.45, 7) is 1.40. The Balaban J connectivity index is 1.73.